The molecule has 4 rings (SSSR count). The fraction of sp³-hybridized carbons (Fsp3) is 0.571. The third-order valence-electron chi connectivity index (χ3n) is 5.85. The highest BCUT2D eigenvalue weighted by atomic mass is 15.2. The summed E-state index contributed by atoms with van der Waals surface area (Å²) in [6, 6.07) is 6.31. The van der Waals surface area contributed by atoms with Gasteiger partial charge in [-0.1, -0.05) is 6.92 Å². The monoisotopic (exact) mass is 366 g/mol. The van der Waals surface area contributed by atoms with Gasteiger partial charge in [0.2, 0.25) is 0 Å². The summed E-state index contributed by atoms with van der Waals surface area (Å²) in [5.74, 6) is 3.45. The van der Waals surface area contributed by atoms with Crippen LogP contribution in [0, 0.1) is 11.8 Å². The molecule has 0 bridgehead atoms. The average molecular weight is 367 g/mol. The molecule has 0 spiro atoms. The van der Waals surface area contributed by atoms with E-state index in [1.807, 2.05) is 12.4 Å². The highest BCUT2D eigenvalue weighted by molar-refractivity contribution is 5.49. The first-order valence-corrected chi connectivity index (χ1v) is 10.2. The molecule has 2 saturated heterocycles. The number of anilines is 3. The Balaban J connectivity index is 1.28. The van der Waals surface area contributed by atoms with Crippen molar-refractivity contribution in [2.45, 2.75) is 32.6 Å². The van der Waals surface area contributed by atoms with Crippen LogP contribution in [-0.2, 0) is 0 Å². The Morgan fingerprint density at radius 3 is 2.63 bits per heavy atom. The van der Waals surface area contributed by atoms with Crippen LogP contribution in [-0.4, -0.2) is 47.7 Å². The molecular formula is C21H30N6. The van der Waals surface area contributed by atoms with E-state index >= 15 is 0 Å². The van der Waals surface area contributed by atoms with Crippen molar-refractivity contribution >= 4 is 17.3 Å². The van der Waals surface area contributed by atoms with Gasteiger partial charge in [0.15, 0.2) is 0 Å². The van der Waals surface area contributed by atoms with Crippen molar-refractivity contribution in [1.29, 1.82) is 0 Å². The van der Waals surface area contributed by atoms with Gasteiger partial charge < -0.3 is 15.1 Å². The summed E-state index contributed by atoms with van der Waals surface area (Å²) in [5, 5.41) is 3.55. The highest BCUT2D eigenvalue weighted by Gasteiger charge is 2.20. The molecule has 2 aliphatic heterocycles. The second kappa shape index (κ2) is 8.55. The molecule has 144 valence electrons. The van der Waals surface area contributed by atoms with E-state index in [0.29, 0.717) is 5.92 Å². The first-order valence-electron chi connectivity index (χ1n) is 10.2. The summed E-state index contributed by atoms with van der Waals surface area (Å²) >= 11 is 0. The van der Waals surface area contributed by atoms with Gasteiger partial charge in [-0.05, 0) is 49.7 Å². The quantitative estimate of drug-likeness (QED) is 0.875. The second-order valence-electron chi connectivity index (χ2n) is 7.97. The minimum Gasteiger partial charge on any atom is -0.371 e. The van der Waals surface area contributed by atoms with Crippen LogP contribution >= 0.6 is 0 Å². The molecule has 6 nitrogen and oxygen atoms in total. The zero-order valence-corrected chi connectivity index (χ0v) is 16.2. The molecule has 0 aliphatic carbocycles. The summed E-state index contributed by atoms with van der Waals surface area (Å²) in [6.45, 7) is 7.73. The largest absolute Gasteiger partial charge is 0.371 e. The van der Waals surface area contributed by atoms with Gasteiger partial charge in [-0.2, -0.15) is 0 Å². The molecule has 1 atom stereocenters. The molecule has 0 saturated carbocycles. The zero-order valence-electron chi connectivity index (χ0n) is 16.2. The molecule has 2 aliphatic rings. The van der Waals surface area contributed by atoms with E-state index in [1.165, 1.54) is 31.4 Å². The first-order chi connectivity index (χ1) is 13.3. The van der Waals surface area contributed by atoms with E-state index < -0.39 is 0 Å². The van der Waals surface area contributed by atoms with Gasteiger partial charge in [0.25, 0.3) is 0 Å². The molecule has 6 heteroatoms. The number of nitrogens with zero attached hydrogens (tertiary/aromatic N) is 5. The van der Waals surface area contributed by atoms with Gasteiger partial charge in [-0.25, -0.2) is 9.97 Å². The lowest BCUT2D eigenvalue weighted by atomic mass is 9.96. The summed E-state index contributed by atoms with van der Waals surface area (Å²) in [6.07, 6.45) is 10.4. The average Bonchev–Trinajstić information content (AvgIpc) is 2.73. The minimum atomic E-state index is 0.691. The first kappa shape index (κ1) is 18.0. The van der Waals surface area contributed by atoms with Crippen LogP contribution < -0.4 is 15.1 Å². The molecular weight excluding hydrogens is 336 g/mol. The van der Waals surface area contributed by atoms with Gasteiger partial charge in [-0.3, -0.25) is 4.98 Å². The van der Waals surface area contributed by atoms with Crippen molar-refractivity contribution in [1.82, 2.24) is 15.0 Å². The molecule has 0 radical (unpaired) electrons. The summed E-state index contributed by atoms with van der Waals surface area (Å²) in [7, 11) is 0. The van der Waals surface area contributed by atoms with Crippen LogP contribution in [0.4, 0.5) is 17.3 Å². The number of hydrogen-bond acceptors (Lipinski definition) is 6. The van der Waals surface area contributed by atoms with Crippen molar-refractivity contribution in [2.75, 3.05) is 47.8 Å². The molecule has 4 heterocycles. The van der Waals surface area contributed by atoms with Crippen molar-refractivity contribution in [3.8, 4) is 0 Å². The molecule has 0 amide bonds. The molecule has 1 N–H and O–H groups in total. The topological polar surface area (TPSA) is 57.2 Å². The van der Waals surface area contributed by atoms with Crippen molar-refractivity contribution in [3.63, 3.8) is 0 Å². The number of hydrogen-bond donors (Lipinski definition) is 1. The second-order valence-corrected chi connectivity index (χ2v) is 7.97. The number of rotatable bonds is 5. The normalized spacial score (nSPS) is 21.3. The fourth-order valence-corrected chi connectivity index (χ4v) is 4.21. The maximum Gasteiger partial charge on any atom is 0.134 e. The van der Waals surface area contributed by atoms with E-state index in [0.717, 1.165) is 50.3 Å². The zero-order chi connectivity index (χ0) is 18.5. The summed E-state index contributed by atoms with van der Waals surface area (Å²) < 4.78 is 0. The van der Waals surface area contributed by atoms with Crippen molar-refractivity contribution in [3.05, 3.63) is 36.9 Å². The number of piperidine rings is 2. The van der Waals surface area contributed by atoms with Crippen LogP contribution in [0.2, 0.25) is 0 Å². The maximum absolute atomic E-state index is 4.50. The minimum absolute atomic E-state index is 0.691. The van der Waals surface area contributed by atoms with Crippen molar-refractivity contribution < 1.29 is 0 Å². The predicted octanol–water partition coefficient (Wildman–Crippen LogP) is 3.44. The maximum atomic E-state index is 4.50. The van der Waals surface area contributed by atoms with Crippen LogP contribution in [0.3, 0.4) is 0 Å². The standard InChI is InChI=1S/C21H30N6/c1-17-3-2-10-27(15-17)21-13-20(24-16-25-21)23-14-18-6-11-26(12-7-18)19-4-8-22-9-5-19/h4-5,8-9,13,16-18H,2-3,6-7,10-12,14-15H2,1H3,(H,23,24,25). The third kappa shape index (κ3) is 4.67. The lowest BCUT2D eigenvalue weighted by Gasteiger charge is -2.34. The third-order valence-corrected chi connectivity index (χ3v) is 5.85. The Bertz CT molecular complexity index is 714. The molecule has 27 heavy (non-hydrogen) atoms. The lowest BCUT2D eigenvalue weighted by Crippen LogP contribution is -2.36. The van der Waals surface area contributed by atoms with Gasteiger partial charge >= 0.3 is 0 Å². The number of nitrogens with one attached hydrogen (secondary N) is 1. The van der Waals surface area contributed by atoms with E-state index in [-0.39, 0.29) is 0 Å². The van der Waals surface area contributed by atoms with E-state index in [9.17, 15) is 0 Å². The number of aromatic nitrogens is 3. The molecule has 2 aromatic heterocycles. The lowest BCUT2D eigenvalue weighted by molar-refractivity contribution is 0.423. The Morgan fingerprint density at radius 2 is 1.85 bits per heavy atom. The predicted molar refractivity (Wildman–Crippen MR) is 110 cm³/mol. The smallest absolute Gasteiger partial charge is 0.134 e. The van der Waals surface area contributed by atoms with Crippen LogP contribution in [0.25, 0.3) is 0 Å². The van der Waals surface area contributed by atoms with Gasteiger partial charge in [0.1, 0.15) is 18.0 Å². The van der Waals surface area contributed by atoms with Gasteiger partial charge in [-0.15, -0.1) is 0 Å². The molecule has 2 fully saturated rings. The van der Waals surface area contributed by atoms with Gasteiger partial charge in [0, 0.05) is 56.9 Å². The highest BCUT2D eigenvalue weighted by Crippen LogP contribution is 2.24. The summed E-state index contributed by atoms with van der Waals surface area (Å²) in [5.41, 5.74) is 1.28. The Labute approximate surface area is 162 Å². The molecule has 0 aromatic carbocycles. The van der Waals surface area contributed by atoms with Gasteiger partial charge in [0.05, 0.1) is 0 Å². The van der Waals surface area contributed by atoms with E-state index in [2.05, 4.69) is 55.2 Å². The Kier molecular flexibility index (Phi) is 5.70. The van der Waals surface area contributed by atoms with E-state index in [1.54, 1.807) is 6.33 Å². The molecule has 2 aromatic rings. The van der Waals surface area contributed by atoms with Crippen molar-refractivity contribution in [2.24, 2.45) is 11.8 Å². The molecule has 1 unspecified atom stereocenters. The SMILES string of the molecule is CC1CCCN(c2cc(NCC3CCN(c4ccncc4)CC3)ncn2)C1. The Hall–Kier alpha value is -2.37. The van der Waals surface area contributed by atoms with Crippen LogP contribution in [0.5, 0.6) is 0 Å². The Morgan fingerprint density at radius 1 is 1.04 bits per heavy atom. The number of pyridine rings is 1. The summed E-state index contributed by atoms with van der Waals surface area (Å²) in [4.78, 5) is 17.9. The van der Waals surface area contributed by atoms with E-state index in [4.69, 9.17) is 0 Å². The van der Waals surface area contributed by atoms with Crippen LogP contribution in [0.1, 0.15) is 32.6 Å². The van der Waals surface area contributed by atoms with Crippen LogP contribution in [0.15, 0.2) is 36.9 Å². The fourth-order valence-electron chi connectivity index (χ4n) is 4.21.